The van der Waals surface area contributed by atoms with Gasteiger partial charge in [0.15, 0.2) is 9.84 Å². The lowest BCUT2D eigenvalue weighted by Crippen LogP contribution is -2.47. The van der Waals surface area contributed by atoms with Crippen LogP contribution < -0.4 is 10.1 Å². The maximum absolute atomic E-state index is 15.4. The number of rotatable bonds is 9. The van der Waals surface area contributed by atoms with E-state index in [1.54, 1.807) is 71.9 Å². The molecule has 1 saturated heterocycles. The molecule has 3 heterocycles. The molecule has 51 heavy (non-hydrogen) atoms. The Labute approximate surface area is 301 Å². The Morgan fingerprint density at radius 3 is 2.57 bits per heavy atom. The van der Waals surface area contributed by atoms with Crippen LogP contribution >= 0.6 is 11.6 Å². The number of pyridine rings is 1. The molecule has 1 amide bonds. The van der Waals surface area contributed by atoms with Crippen molar-refractivity contribution in [3.63, 3.8) is 0 Å². The second-order valence-electron chi connectivity index (χ2n) is 13.6. The first-order chi connectivity index (χ1) is 24.3. The van der Waals surface area contributed by atoms with E-state index in [0.29, 0.717) is 57.4 Å². The van der Waals surface area contributed by atoms with Crippen LogP contribution in [0.15, 0.2) is 79.1 Å². The van der Waals surface area contributed by atoms with Gasteiger partial charge in [-0.05, 0) is 93.4 Å². The van der Waals surface area contributed by atoms with Crippen molar-refractivity contribution in [2.24, 2.45) is 0 Å². The number of hydrogen-bond donors (Lipinski definition) is 1. The van der Waals surface area contributed by atoms with Gasteiger partial charge in [0.1, 0.15) is 17.2 Å². The molecular formula is C38H39ClFN5O5S. The SMILES string of the molecule is Cc1ccc2c(CS(=O)(=O)Cc3ccccc3Cl)c(F)ccc2c1Oc1ncccc1-c1ccnc(N[C@H]2CCCN(C(=O)OC(C)(C)C)C2)n1. The minimum atomic E-state index is -3.80. The lowest BCUT2D eigenvalue weighted by molar-refractivity contribution is 0.0206. The molecule has 0 bridgehead atoms. The van der Waals surface area contributed by atoms with Gasteiger partial charge in [-0.25, -0.2) is 32.6 Å². The van der Waals surface area contributed by atoms with Gasteiger partial charge in [0, 0.05) is 47.5 Å². The number of hydrogen-bond acceptors (Lipinski definition) is 9. The molecule has 0 aliphatic carbocycles. The van der Waals surface area contributed by atoms with E-state index in [2.05, 4.69) is 15.3 Å². The van der Waals surface area contributed by atoms with Gasteiger partial charge in [-0.15, -0.1) is 0 Å². The molecule has 1 fully saturated rings. The zero-order chi connectivity index (χ0) is 36.3. The molecule has 0 saturated carbocycles. The number of likely N-dealkylation sites (tertiary alicyclic amines) is 1. The van der Waals surface area contributed by atoms with Crippen LogP contribution in [0.5, 0.6) is 11.6 Å². The van der Waals surface area contributed by atoms with Crippen LogP contribution in [0.2, 0.25) is 5.02 Å². The van der Waals surface area contributed by atoms with Gasteiger partial charge in [-0.2, -0.15) is 0 Å². The number of carbonyl (C=O) groups excluding carboxylic acids is 1. The topological polar surface area (TPSA) is 124 Å². The smallest absolute Gasteiger partial charge is 0.410 e. The first-order valence-electron chi connectivity index (χ1n) is 16.6. The number of sulfone groups is 1. The molecule has 1 N–H and O–H groups in total. The summed E-state index contributed by atoms with van der Waals surface area (Å²) in [7, 11) is -3.80. The highest BCUT2D eigenvalue weighted by Crippen LogP contribution is 2.39. The summed E-state index contributed by atoms with van der Waals surface area (Å²) in [6.07, 6.45) is 4.52. The van der Waals surface area contributed by atoms with Crippen molar-refractivity contribution in [1.29, 1.82) is 0 Å². The Hall–Kier alpha value is -4.81. The summed E-state index contributed by atoms with van der Waals surface area (Å²) < 4.78 is 54.0. The maximum atomic E-state index is 15.4. The van der Waals surface area contributed by atoms with Gasteiger partial charge < -0.3 is 19.7 Å². The number of benzene rings is 3. The molecule has 0 spiro atoms. The zero-order valence-corrected chi connectivity index (χ0v) is 30.4. The second-order valence-corrected chi connectivity index (χ2v) is 16.1. The molecule has 0 radical (unpaired) electrons. The molecule has 3 aromatic carbocycles. The minimum Gasteiger partial charge on any atom is -0.444 e. The number of nitrogens with one attached hydrogen (secondary N) is 1. The van der Waals surface area contributed by atoms with Crippen molar-refractivity contribution < 1.29 is 27.1 Å². The van der Waals surface area contributed by atoms with E-state index in [1.165, 1.54) is 6.07 Å². The molecular weight excluding hydrogens is 693 g/mol. The Kier molecular flexibility index (Phi) is 10.5. The summed E-state index contributed by atoms with van der Waals surface area (Å²) in [6.45, 7) is 8.45. The fourth-order valence-corrected chi connectivity index (χ4v) is 7.88. The summed E-state index contributed by atoms with van der Waals surface area (Å²) in [6, 6.07) is 18.3. The van der Waals surface area contributed by atoms with Gasteiger partial charge in [0.05, 0.1) is 22.8 Å². The maximum Gasteiger partial charge on any atom is 0.410 e. The molecule has 13 heteroatoms. The summed E-state index contributed by atoms with van der Waals surface area (Å²) in [4.78, 5) is 28.1. The number of aromatic nitrogens is 3. The van der Waals surface area contributed by atoms with Crippen LogP contribution in [-0.2, 0) is 26.1 Å². The van der Waals surface area contributed by atoms with E-state index in [4.69, 9.17) is 26.1 Å². The molecule has 2 aromatic heterocycles. The Balaban J connectivity index is 1.26. The number of amides is 1. The summed E-state index contributed by atoms with van der Waals surface area (Å²) in [5.41, 5.74) is 1.79. The van der Waals surface area contributed by atoms with Crippen LogP contribution in [0.3, 0.4) is 0 Å². The van der Waals surface area contributed by atoms with E-state index < -0.39 is 27.0 Å². The highest BCUT2D eigenvalue weighted by Gasteiger charge is 2.28. The predicted molar refractivity (Wildman–Crippen MR) is 196 cm³/mol. The van der Waals surface area contributed by atoms with Crippen LogP contribution in [0.1, 0.15) is 50.3 Å². The molecule has 1 aliphatic rings. The molecule has 6 rings (SSSR count). The van der Waals surface area contributed by atoms with E-state index in [1.807, 2.05) is 33.8 Å². The van der Waals surface area contributed by atoms with Crippen molar-refractivity contribution in [3.05, 3.63) is 107 Å². The second kappa shape index (κ2) is 14.8. The van der Waals surface area contributed by atoms with Crippen molar-refractivity contribution in [2.45, 2.75) is 63.7 Å². The number of fused-ring (bicyclic) bond motifs is 1. The van der Waals surface area contributed by atoms with Gasteiger partial charge >= 0.3 is 6.09 Å². The molecule has 0 unspecified atom stereocenters. The average molecular weight is 732 g/mol. The number of anilines is 1. The summed E-state index contributed by atoms with van der Waals surface area (Å²) in [5.74, 6) is -0.429. The zero-order valence-electron chi connectivity index (χ0n) is 28.8. The number of ether oxygens (including phenoxy) is 2. The van der Waals surface area contributed by atoms with Crippen LogP contribution in [0, 0.1) is 12.7 Å². The Morgan fingerprint density at radius 1 is 1.00 bits per heavy atom. The Morgan fingerprint density at radius 2 is 1.78 bits per heavy atom. The number of nitrogens with zero attached hydrogens (tertiary/aromatic N) is 4. The standard InChI is InChI=1S/C38H39ClFN5O5S/c1-24-13-14-27-28(15-16-32(40)30(27)23-51(47,48)22-25-9-5-6-12-31(25)39)34(24)49-35-29(11-7-18-41-35)33-17-19-42-36(44-33)43-26-10-8-20-45(21-26)37(46)50-38(2,3)4/h5-7,9,11-19,26H,8,10,20-23H2,1-4H3,(H,42,43,44)/t26-/m0/s1. The summed E-state index contributed by atoms with van der Waals surface area (Å²) in [5, 5.41) is 4.65. The number of carbonyl (C=O) groups is 1. The van der Waals surface area contributed by atoms with Gasteiger partial charge in [-0.3, -0.25) is 0 Å². The fourth-order valence-electron chi connectivity index (χ4n) is 6.04. The first kappa shape index (κ1) is 36.0. The lowest BCUT2D eigenvalue weighted by Gasteiger charge is -2.34. The highest BCUT2D eigenvalue weighted by molar-refractivity contribution is 7.89. The predicted octanol–water partition coefficient (Wildman–Crippen LogP) is 8.51. The third kappa shape index (κ3) is 8.74. The van der Waals surface area contributed by atoms with Crippen LogP contribution in [-0.4, -0.2) is 59.1 Å². The fraction of sp³-hybridized carbons (Fsp3) is 0.316. The number of aryl methyl sites for hydroxylation is 1. The number of piperidine rings is 1. The molecule has 5 aromatic rings. The van der Waals surface area contributed by atoms with Gasteiger partial charge in [0.2, 0.25) is 11.8 Å². The monoisotopic (exact) mass is 731 g/mol. The average Bonchev–Trinajstić information content (AvgIpc) is 3.08. The first-order valence-corrected chi connectivity index (χ1v) is 18.8. The van der Waals surface area contributed by atoms with Gasteiger partial charge in [0.25, 0.3) is 0 Å². The normalized spacial score (nSPS) is 15.1. The number of halogens is 2. The molecule has 1 atom stereocenters. The van der Waals surface area contributed by atoms with E-state index in [0.717, 1.165) is 18.4 Å². The van der Waals surface area contributed by atoms with Crippen LogP contribution in [0.25, 0.3) is 22.0 Å². The van der Waals surface area contributed by atoms with Gasteiger partial charge in [-0.1, -0.05) is 41.9 Å². The van der Waals surface area contributed by atoms with E-state index in [9.17, 15) is 13.2 Å². The summed E-state index contributed by atoms with van der Waals surface area (Å²) >= 11 is 6.23. The molecule has 10 nitrogen and oxygen atoms in total. The van der Waals surface area contributed by atoms with Crippen LogP contribution in [0.4, 0.5) is 15.1 Å². The molecule has 1 aliphatic heterocycles. The lowest BCUT2D eigenvalue weighted by atomic mass is 10.0. The van der Waals surface area contributed by atoms with Crippen molar-refractivity contribution >= 4 is 44.3 Å². The Bertz CT molecular complexity index is 2190. The molecule has 266 valence electrons. The van der Waals surface area contributed by atoms with E-state index >= 15 is 4.39 Å². The minimum absolute atomic E-state index is 0.0464. The van der Waals surface area contributed by atoms with Crippen molar-refractivity contribution in [1.82, 2.24) is 19.9 Å². The third-order valence-corrected chi connectivity index (χ3v) is 10.3. The highest BCUT2D eigenvalue weighted by atomic mass is 35.5. The van der Waals surface area contributed by atoms with Crippen molar-refractivity contribution in [2.75, 3.05) is 18.4 Å². The third-order valence-electron chi connectivity index (χ3n) is 8.41. The quantitative estimate of drug-likeness (QED) is 0.159. The van der Waals surface area contributed by atoms with Crippen molar-refractivity contribution in [3.8, 4) is 22.9 Å². The largest absolute Gasteiger partial charge is 0.444 e. The van der Waals surface area contributed by atoms with E-state index in [-0.39, 0.29) is 29.3 Å².